The molecule has 4 nitrogen and oxygen atoms in total. The van der Waals surface area contributed by atoms with E-state index < -0.39 is 32.9 Å². The largest absolute Gasteiger partial charge is 0.455 e. The second kappa shape index (κ2) is 7.89. The van der Waals surface area contributed by atoms with Crippen molar-refractivity contribution in [2.24, 2.45) is 0 Å². The van der Waals surface area contributed by atoms with Crippen molar-refractivity contribution in [3.8, 4) is 0 Å². The number of allylic oxidation sites excluding steroid dienone is 2. The van der Waals surface area contributed by atoms with Crippen molar-refractivity contribution in [2.75, 3.05) is 26.2 Å². The number of carbonyl (C=O) groups excluding carboxylic acids is 2. The summed E-state index contributed by atoms with van der Waals surface area (Å²) in [5.41, 5.74) is 0. The van der Waals surface area contributed by atoms with Gasteiger partial charge in [0.2, 0.25) is 0 Å². The Balaban J connectivity index is 2.65. The molecule has 0 radical (unpaired) electrons. The van der Waals surface area contributed by atoms with Crippen LogP contribution in [0.15, 0.2) is 21.4 Å². The number of piperazine rings is 1. The van der Waals surface area contributed by atoms with Crippen molar-refractivity contribution in [1.82, 2.24) is 9.80 Å². The highest BCUT2D eigenvalue weighted by atomic mass is 79.9. The average molecular weight is 488 g/mol. The molecular weight excluding hydrogens is 478 g/mol. The summed E-state index contributed by atoms with van der Waals surface area (Å²) in [5, 5.41) is 0. The predicted molar refractivity (Wildman–Crippen MR) is 79.3 cm³/mol. The summed E-state index contributed by atoms with van der Waals surface area (Å²) in [6, 6.07) is 0. The molecule has 0 aromatic carbocycles. The number of hydrogen-bond donors (Lipinski definition) is 0. The molecule has 12 heteroatoms. The van der Waals surface area contributed by atoms with E-state index in [-0.39, 0.29) is 26.2 Å². The molecule has 0 bridgehead atoms. The van der Waals surface area contributed by atoms with E-state index in [9.17, 15) is 35.9 Å². The second-order valence-corrected chi connectivity index (χ2v) is 6.39. The molecule has 0 spiro atoms. The molecule has 1 aliphatic heterocycles. The highest BCUT2D eigenvalue weighted by Gasteiger charge is 2.41. The lowest BCUT2D eigenvalue weighted by atomic mass is 10.3. The van der Waals surface area contributed by atoms with Crippen LogP contribution < -0.4 is 0 Å². The van der Waals surface area contributed by atoms with Gasteiger partial charge in [0.15, 0.2) is 0 Å². The minimum absolute atomic E-state index is 0.164. The molecule has 1 rings (SSSR count). The van der Waals surface area contributed by atoms with Crippen LogP contribution in [0.4, 0.5) is 26.3 Å². The third-order valence-corrected chi connectivity index (χ3v) is 4.02. The number of rotatable bonds is 4. The van der Waals surface area contributed by atoms with Gasteiger partial charge in [-0.15, -0.1) is 0 Å². The van der Waals surface area contributed by atoms with Crippen LogP contribution in [0.1, 0.15) is 0 Å². The minimum Gasteiger partial charge on any atom is -0.373 e. The average Bonchev–Trinajstić information content (AvgIpc) is 2.45. The Kier molecular flexibility index (Phi) is 6.91. The lowest BCUT2D eigenvalue weighted by Crippen LogP contribution is -2.42. The van der Waals surface area contributed by atoms with Gasteiger partial charge in [-0.3, -0.25) is 9.59 Å². The van der Waals surface area contributed by atoms with Gasteiger partial charge in [-0.2, -0.15) is 26.3 Å². The van der Waals surface area contributed by atoms with Crippen molar-refractivity contribution >= 4 is 43.4 Å². The number of halogens is 8. The van der Waals surface area contributed by atoms with Gasteiger partial charge >= 0.3 is 12.4 Å². The fraction of sp³-hybridized carbons (Fsp3) is 0.500. The van der Waals surface area contributed by atoms with Gasteiger partial charge in [0, 0.05) is 38.6 Å². The molecule has 24 heavy (non-hydrogen) atoms. The van der Waals surface area contributed by atoms with Crippen LogP contribution in [0.5, 0.6) is 0 Å². The lowest BCUT2D eigenvalue weighted by Gasteiger charge is -2.33. The number of hydrogen-bond acceptors (Lipinski definition) is 4. The Labute approximate surface area is 149 Å². The van der Waals surface area contributed by atoms with Gasteiger partial charge in [0.25, 0.3) is 11.6 Å². The zero-order chi connectivity index (χ0) is 18.7. The maximum atomic E-state index is 12.2. The summed E-state index contributed by atoms with van der Waals surface area (Å²) in [6.07, 6.45) is -8.01. The van der Waals surface area contributed by atoms with Crippen LogP contribution in [0.25, 0.3) is 0 Å². The molecule has 1 fully saturated rings. The van der Waals surface area contributed by atoms with E-state index in [2.05, 4.69) is 31.9 Å². The van der Waals surface area contributed by atoms with Gasteiger partial charge in [0.05, 0.1) is 8.96 Å². The Morgan fingerprint density at radius 1 is 0.708 bits per heavy atom. The lowest BCUT2D eigenvalue weighted by molar-refractivity contribution is -0.165. The topological polar surface area (TPSA) is 40.6 Å². The molecule has 1 aliphatic rings. The number of carbonyl (C=O) groups is 2. The third kappa shape index (κ3) is 6.11. The first kappa shape index (κ1) is 21.0. The number of Topliss-reactive ketones (excluding diaryl/α,β-unsaturated/α-hetero) is 2. The fourth-order valence-electron chi connectivity index (χ4n) is 1.70. The standard InChI is InChI=1S/C12H10Br2F6N2O2/c13-7(9(23)11(15,16)17)5-21-1-2-22(4-3-21)6-8(14)10(24)12(18,19)20/h5-6H,1-4H2/b7-5-,8-6+. The molecule has 136 valence electrons. The maximum Gasteiger partial charge on any atom is 0.455 e. The molecule has 1 saturated heterocycles. The summed E-state index contributed by atoms with van der Waals surface area (Å²) >= 11 is 5.12. The van der Waals surface area contributed by atoms with Crippen molar-refractivity contribution in [3.05, 3.63) is 21.4 Å². The molecule has 0 N–H and O–H groups in total. The predicted octanol–water partition coefficient (Wildman–Crippen LogP) is 3.34. The molecule has 0 amide bonds. The minimum atomic E-state index is -5.00. The molecule has 0 aromatic rings. The Morgan fingerprint density at radius 3 is 1.17 bits per heavy atom. The van der Waals surface area contributed by atoms with E-state index >= 15 is 0 Å². The summed E-state index contributed by atoms with van der Waals surface area (Å²) < 4.78 is 72.2. The van der Waals surface area contributed by atoms with Gasteiger partial charge < -0.3 is 9.80 Å². The van der Waals surface area contributed by atoms with E-state index in [1.54, 1.807) is 0 Å². The van der Waals surface area contributed by atoms with Crippen LogP contribution >= 0.6 is 31.9 Å². The Bertz CT molecular complexity index is 513. The highest BCUT2D eigenvalue weighted by Crippen LogP contribution is 2.26. The summed E-state index contributed by atoms with van der Waals surface area (Å²) in [5.74, 6) is -4.05. The number of alkyl halides is 6. The summed E-state index contributed by atoms with van der Waals surface area (Å²) in [7, 11) is 0. The number of nitrogens with zero attached hydrogens (tertiary/aromatic N) is 2. The molecule has 0 aromatic heterocycles. The zero-order valence-corrected chi connectivity index (χ0v) is 14.9. The third-order valence-electron chi connectivity index (χ3n) is 2.89. The first-order valence-corrected chi connectivity index (χ1v) is 7.86. The molecule has 0 aliphatic carbocycles. The first-order valence-electron chi connectivity index (χ1n) is 6.28. The van der Waals surface area contributed by atoms with Crippen molar-refractivity contribution in [1.29, 1.82) is 0 Å². The van der Waals surface area contributed by atoms with Crippen molar-refractivity contribution in [2.45, 2.75) is 12.4 Å². The second-order valence-electron chi connectivity index (χ2n) is 4.68. The van der Waals surface area contributed by atoms with Crippen molar-refractivity contribution in [3.63, 3.8) is 0 Å². The Hall–Kier alpha value is -1.04. The molecular formula is C12H10Br2F6N2O2. The van der Waals surface area contributed by atoms with E-state index in [1.165, 1.54) is 9.80 Å². The van der Waals surface area contributed by atoms with Gasteiger partial charge in [-0.25, -0.2) is 0 Å². The van der Waals surface area contributed by atoms with Gasteiger partial charge in [-0.1, -0.05) is 0 Å². The summed E-state index contributed by atoms with van der Waals surface area (Å²) in [6.45, 7) is 0.656. The van der Waals surface area contributed by atoms with E-state index in [1.807, 2.05) is 0 Å². The number of ketones is 2. The van der Waals surface area contributed by atoms with Gasteiger partial charge in [-0.05, 0) is 31.9 Å². The molecule has 0 unspecified atom stereocenters. The smallest absolute Gasteiger partial charge is 0.373 e. The SMILES string of the molecule is O=C(/C(Br)=C/N1CCN(/C=C(/Br)C(=O)C(F)(F)F)CC1)C(F)(F)F. The normalized spacial score (nSPS) is 18.0. The molecule has 0 atom stereocenters. The van der Waals surface area contributed by atoms with E-state index in [0.717, 1.165) is 12.4 Å². The summed E-state index contributed by atoms with van der Waals surface area (Å²) in [4.78, 5) is 24.8. The maximum absolute atomic E-state index is 12.2. The highest BCUT2D eigenvalue weighted by molar-refractivity contribution is 9.12. The van der Waals surface area contributed by atoms with Crippen LogP contribution in [0.3, 0.4) is 0 Å². The fourth-order valence-corrected chi connectivity index (χ4v) is 2.73. The van der Waals surface area contributed by atoms with Crippen molar-refractivity contribution < 1.29 is 35.9 Å². The van der Waals surface area contributed by atoms with Crippen LogP contribution in [-0.2, 0) is 9.59 Å². The van der Waals surface area contributed by atoms with Crippen LogP contribution in [0.2, 0.25) is 0 Å². The van der Waals surface area contributed by atoms with Crippen LogP contribution in [-0.4, -0.2) is 59.9 Å². The van der Waals surface area contributed by atoms with E-state index in [0.29, 0.717) is 0 Å². The monoisotopic (exact) mass is 486 g/mol. The zero-order valence-electron chi connectivity index (χ0n) is 11.7. The molecule has 1 heterocycles. The van der Waals surface area contributed by atoms with Gasteiger partial charge in [0.1, 0.15) is 0 Å². The quantitative estimate of drug-likeness (QED) is 0.450. The first-order chi connectivity index (χ1) is 10.8. The van der Waals surface area contributed by atoms with Crippen LogP contribution in [0, 0.1) is 0 Å². The molecule has 0 saturated carbocycles. The van der Waals surface area contributed by atoms with E-state index in [4.69, 9.17) is 0 Å². The Morgan fingerprint density at radius 2 is 0.958 bits per heavy atom.